The molecule has 28 heavy (non-hydrogen) atoms. The van der Waals surface area contributed by atoms with E-state index in [1.54, 1.807) is 6.07 Å². The molecule has 0 bridgehead atoms. The molecular formula is C20H25F3N4O. The number of hydrogen-bond donors (Lipinski definition) is 1. The van der Waals surface area contributed by atoms with Crippen LogP contribution >= 0.6 is 0 Å². The number of nitrogens with one attached hydrogen (secondary N) is 1. The summed E-state index contributed by atoms with van der Waals surface area (Å²) < 4.78 is 41.3. The number of alkyl halides is 3. The number of imidazole rings is 1. The van der Waals surface area contributed by atoms with Crippen molar-refractivity contribution in [2.24, 2.45) is 5.92 Å². The predicted octanol–water partition coefficient (Wildman–Crippen LogP) is 4.32. The van der Waals surface area contributed by atoms with Crippen LogP contribution in [0.1, 0.15) is 66.8 Å². The van der Waals surface area contributed by atoms with Gasteiger partial charge < -0.3 is 9.88 Å². The molecule has 1 N–H and O–H groups in total. The number of carbonyl (C=O) groups excluding carboxylic acids is 1. The molecule has 5 nitrogen and oxygen atoms in total. The van der Waals surface area contributed by atoms with Gasteiger partial charge in [-0.3, -0.25) is 4.79 Å². The minimum atomic E-state index is -4.20. The first-order valence-corrected chi connectivity index (χ1v) is 10.1. The van der Waals surface area contributed by atoms with Gasteiger partial charge in [0.05, 0.1) is 11.5 Å². The number of rotatable bonds is 2. The molecule has 2 aromatic heterocycles. The summed E-state index contributed by atoms with van der Waals surface area (Å²) in [5.74, 6) is -0.750. The molecule has 2 aromatic rings. The number of amides is 1. The summed E-state index contributed by atoms with van der Waals surface area (Å²) in [5, 5.41) is 2.83. The summed E-state index contributed by atoms with van der Waals surface area (Å²) in [6, 6.07) is 1.23. The molecule has 8 heteroatoms. The van der Waals surface area contributed by atoms with E-state index >= 15 is 0 Å². The summed E-state index contributed by atoms with van der Waals surface area (Å²) >= 11 is 0. The lowest BCUT2D eigenvalue weighted by Crippen LogP contribution is -2.41. The fourth-order valence-corrected chi connectivity index (χ4v) is 4.47. The third-order valence-electron chi connectivity index (χ3n) is 5.91. The van der Waals surface area contributed by atoms with Crippen LogP contribution in [0.3, 0.4) is 0 Å². The van der Waals surface area contributed by atoms with E-state index in [9.17, 15) is 18.0 Å². The summed E-state index contributed by atoms with van der Waals surface area (Å²) in [6.07, 6.45) is 1.04. The van der Waals surface area contributed by atoms with Crippen molar-refractivity contribution in [1.82, 2.24) is 19.9 Å². The largest absolute Gasteiger partial charge is 0.391 e. The number of halogens is 3. The van der Waals surface area contributed by atoms with Gasteiger partial charge in [0.1, 0.15) is 11.3 Å². The minimum Gasteiger partial charge on any atom is -0.349 e. The topological polar surface area (TPSA) is 59.8 Å². The third kappa shape index (κ3) is 3.73. The van der Waals surface area contributed by atoms with E-state index in [0.717, 1.165) is 38.1 Å². The zero-order valence-electron chi connectivity index (χ0n) is 16.0. The number of nitrogens with zero attached hydrogens (tertiary/aromatic N) is 3. The maximum Gasteiger partial charge on any atom is 0.391 e. The van der Waals surface area contributed by atoms with Crippen molar-refractivity contribution in [3.05, 3.63) is 23.1 Å². The van der Waals surface area contributed by atoms with Crippen molar-refractivity contribution in [2.45, 2.75) is 77.1 Å². The van der Waals surface area contributed by atoms with Crippen LogP contribution < -0.4 is 5.32 Å². The molecule has 0 spiro atoms. The second-order valence-corrected chi connectivity index (χ2v) is 8.05. The first-order valence-electron chi connectivity index (χ1n) is 10.1. The van der Waals surface area contributed by atoms with E-state index in [0.29, 0.717) is 35.3 Å². The van der Waals surface area contributed by atoms with Crippen molar-refractivity contribution >= 4 is 17.1 Å². The summed E-state index contributed by atoms with van der Waals surface area (Å²) in [7, 11) is 0. The number of carbonyl (C=O) groups is 1. The number of aryl methyl sites for hydroxylation is 3. The van der Waals surface area contributed by atoms with Crippen LogP contribution in [0.25, 0.3) is 11.2 Å². The Balaban J connectivity index is 1.61. The van der Waals surface area contributed by atoms with E-state index in [4.69, 9.17) is 0 Å². The van der Waals surface area contributed by atoms with Crippen LogP contribution in [0.5, 0.6) is 0 Å². The average Bonchev–Trinajstić information content (AvgIpc) is 2.82. The van der Waals surface area contributed by atoms with Gasteiger partial charge in [0.2, 0.25) is 0 Å². The van der Waals surface area contributed by atoms with Gasteiger partial charge in [0.25, 0.3) is 5.91 Å². The Bertz CT molecular complexity index is 890. The predicted molar refractivity (Wildman–Crippen MR) is 99.1 cm³/mol. The van der Waals surface area contributed by atoms with Gasteiger partial charge in [0, 0.05) is 24.7 Å². The van der Waals surface area contributed by atoms with Gasteiger partial charge in [-0.15, -0.1) is 0 Å². The van der Waals surface area contributed by atoms with Crippen LogP contribution in [0, 0.1) is 12.8 Å². The quantitative estimate of drug-likeness (QED) is 0.825. The second kappa shape index (κ2) is 7.37. The van der Waals surface area contributed by atoms with Crippen LogP contribution in [0.2, 0.25) is 0 Å². The maximum absolute atomic E-state index is 13.1. The third-order valence-corrected chi connectivity index (χ3v) is 5.91. The van der Waals surface area contributed by atoms with Crippen molar-refractivity contribution in [3.8, 4) is 0 Å². The Morgan fingerprint density at radius 2 is 2.00 bits per heavy atom. The minimum absolute atomic E-state index is 0.0534. The second-order valence-electron chi connectivity index (χ2n) is 8.05. The zero-order valence-corrected chi connectivity index (χ0v) is 16.0. The Labute approximate surface area is 161 Å². The fraction of sp³-hybridized carbons (Fsp3) is 0.650. The van der Waals surface area contributed by atoms with Gasteiger partial charge in [-0.2, -0.15) is 13.2 Å². The van der Waals surface area contributed by atoms with E-state index in [2.05, 4.69) is 19.9 Å². The molecule has 0 radical (unpaired) electrons. The highest BCUT2D eigenvalue weighted by Gasteiger charge is 2.42. The molecule has 4 rings (SSSR count). The molecule has 2 aliphatic rings. The van der Waals surface area contributed by atoms with Crippen molar-refractivity contribution in [2.75, 3.05) is 0 Å². The number of fused-ring (bicyclic) bond motifs is 3. The molecule has 1 aliphatic heterocycles. The number of pyridine rings is 1. The van der Waals surface area contributed by atoms with E-state index in [1.165, 1.54) is 0 Å². The lowest BCUT2D eigenvalue weighted by Gasteiger charge is -2.31. The summed E-state index contributed by atoms with van der Waals surface area (Å²) in [6.45, 7) is 2.66. The standard InChI is InChI=1S/C20H25F3N4O/c1-12-10-15(17-18(24-12)27-9-4-2-3-8-16(27)26-17)19(28)25-14-7-5-6-13(11-14)20(21,22)23/h10,13-14H,2-9,11H2,1H3,(H,25,28)/t13-,14+/m0/s1. The molecule has 0 aromatic carbocycles. The fourth-order valence-electron chi connectivity index (χ4n) is 4.47. The van der Waals surface area contributed by atoms with Gasteiger partial charge in [-0.1, -0.05) is 12.8 Å². The Morgan fingerprint density at radius 1 is 1.18 bits per heavy atom. The highest BCUT2D eigenvalue weighted by Crippen LogP contribution is 2.37. The maximum atomic E-state index is 13.1. The molecule has 1 saturated carbocycles. The number of aromatic nitrogens is 3. The van der Waals surface area contributed by atoms with Gasteiger partial charge in [-0.05, 0) is 45.1 Å². The molecule has 0 unspecified atom stereocenters. The first kappa shape index (κ1) is 19.2. The van der Waals surface area contributed by atoms with Crippen LogP contribution in [0.15, 0.2) is 6.07 Å². The van der Waals surface area contributed by atoms with Gasteiger partial charge in [0.15, 0.2) is 5.65 Å². The smallest absolute Gasteiger partial charge is 0.349 e. The Morgan fingerprint density at radius 3 is 2.79 bits per heavy atom. The normalized spacial score (nSPS) is 23.3. The lowest BCUT2D eigenvalue weighted by atomic mass is 9.85. The average molecular weight is 394 g/mol. The molecule has 0 saturated heterocycles. The monoisotopic (exact) mass is 394 g/mol. The zero-order chi connectivity index (χ0) is 19.9. The van der Waals surface area contributed by atoms with Crippen molar-refractivity contribution in [3.63, 3.8) is 0 Å². The van der Waals surface area contributed by atoms with E-state index in [1.807, 2.05) is 6.92 Å². The van der Waals surface area contributed by atoms with Crippen LogP contribution in [-0.2, 0) is 13.0 Å². The molecular weight excluding hydrogens is 369 g/mol. The van der Waals surface area contributed by atoms with Crippen molar-refractivity contribution in [1.29, 1.82) is 0 Å². The molecule has 1 amide bonds. The molecule has 3 heterocycles. The molecule has 1 aliphatic carbocycles. The van der Waals surface area contributed by atoms with E-state index < -0.39 is 18.1 Å². The lowest BCUT2D eigenvalue weighted by molar-refractivity contribution is -0.183. The molecule has 152 valence electrons. The van der Waals surface area contributed by atoms with Crippen LogP contribution in [-0.4, -0.2) is 32.7 Å². The van der Waals surface area contributed by atoms with Gasteiger partial charge >= 0.3 is 6.18 Å². The SMILES string of the molecule is Cc1cc(C(=O)N[C@@H]2CCC[C@H](C(F)(F)F)C2)c2nc3n(c2n1)CCCCC3. The van der Waals surface area contributed by atoms with E-state index in [-0.39, 0.29) is 18.7 Å². The summed E-state index contributed by atoms with van der Waals surface area (Å²) in [5.41, 5.74) is 2.39. The first-order chi connectivity index (χ1) is 13.3. The highest BCUT2D eigenvalue weighted by atomic mass is 19.4. The highest BCUT2D eigenvalue weighted by molar-refractivity contribution is 6.04. The Kier molecular flexibility index (Phi) is 5.05. The number of hydrogen-bond acceptors (Lipinski definition) is 3. The molecule has 2 atom stereocenters. The van der Waals surface area contributed by atoms with Gasteiger partial charge in [-0.25, -0.2) is 9.97 Å². The molecule has 1 fully saturated rings. The Hall–Kier alpha value is -2.12. The summed E-state index contributed by atoms with van der Waals surface area (Å²) in [4.78, 5) is 22.2. The van der Waals surface area contributed by atoms with Crippen LogP contribution in [0.4, 0.5) is 13.2 Å². The van der Waals surface area contributed by atoms with Crippen molar-refractivity contribution < 1.29 is 18.0 Å².